The van der Waals surface area contributed by atoms with E-state index in [4.69, 9.17) is 10.5 Å². The van der Waals surface area contributed by atoms with E-state index in [-0.39, 0.29) is 12.4 Å². The quantitative estimate of drug-likeness (QED) is 0.926. The van der Waals surface area contributed by atoms with E-state index in [1.54, 1.807) is 6.20 Å². The van der Waals surface area contributed by atoms with Crippen LogP contribution in [0.4, 0.5) is 14.5 Å². The van der Waals surface area contributed by atoms with Crippen LogP contribution < -0.4 is 10.5 Å². The van der Waals surface area contributed by atoms with E-state index in [0.29, 0.717) is 11.4 Å². The van der Waals surface area contributed by atoms with E-state index in [0.717, 1.165) is 23.3 Å². The van der Waals surface area contributed by atoms with Crippen molar-refractivity contribution in [3.63, 3.8) is 0 Å². The van der Waals surface area contributed by atoms with Gasteiger partial charge in [0.15, 0.2) is 11.6 Å². The molecule has 19 heavy (non-hydrogen) atoms. The summed E-state index contributed by atoms with van der Waals surface area (Å²) in [6.07, 6.45) is 1.66. The molecule has 1 heterocycles. The minimum Gasteiger partial charge on any atom is -0.487 e. The number of ether oxygens (including phenoxy) is 1. The summed E-state index contributed by atoms with van der Waals surface area (Å²) >= 11 is 0. The van der Waals surface area contributed by atoms with E-state index < -0.39 is 11.6 Å². The Morgan fingerprint density at radius 3 is 2.63 bits per heavy atom. The first kappa shape index (κ1) is 13.3. The first-order valence-electron chi connectivity index (χ1n) is 5.77. The normalized spacial score (nSPS) is 10.5. The largest absolute Gasteiger partial charge is 0.487 e. The molecule has 0 unspecified atom stereocenters. The molecule has 3 nitrogen and oxygen atoms in total. The number of aromatic nitrogens is 1. The summed E-state index contributed by atoms with van der Waals surface area (Å²) in [5.74, 6) is -1.59. The fraction of sp³-hybridized carbons (Fsp3) is 0.214. The second-order valence-corrected chi connectivity index (χ2v) is 4.29. The van der Waals surface area contributed by atoms with Crippen LogP contribution in [0.25, 0.3) is 0 Å². The zero-order chi connectivity index (χ0) is 14.0. The topological polar surface area (TPSA) is 48.1 Å². The predicted octanol–water partition coefficient (Wildman–Crippen LogP) is 3.14. The summed E-state index contributed by atoms with van der Waals surface area (Å²) in [5.41, 5.74) is 8.96. The highest BCUT2D eigenvalue weighted by atomic mass is 19.2. The first-order chi connectivity index (χ1) is 8.99. The number of rotatable bonds is 3. The third kappa shape index (κ3) is 2.81. The van der Waals surface area contributed by atoms with Crippen LogP contribution in [0.15, 0.2) is 24.4 Å². The number of hydrogen-bond donors (Lipinski definition) is 1. The summed E-state index contributed by atoms with van der Waals surface area (Å²) in [6.45, 7) is 3.87. The van der Waals surface area contributed by atoms with E-state index in [9.17, 15) is 8.78 Å². The number of aryl methyl sites for hydroxylation is 1. The lowest BCUT2D eigenvalue weighted by Gasteiger charge is -2.11. The minimum atomic E-state index is -0.939. The lowest BCUT2D eigenvalue weighted by Crippen LogP contribution is -2.05. The molecule has 0 spiro atoms. The Kier molecular flexibility index (Phi) is 3.64. The second kappa shape index (κ2) is 5.22. The van der Waals surface area contributed by atoms with Crippen molar-refractivity contribution in [2.24, 2.45) is 0 Å². The van der Waals surface area contributed by atoms with Gasteiger partial charge >= 0.3 is 0 Å². The highest BCUT2D eigenvalue weighted by Crippen LogP contribution is 2.21. The van der Waals surface area contributed by atoms with E-state index >= 15 is 0 Å². The Morgan fingerprint density at radius 1 is 1.21 bits per heavy atom. The number of pyridine rings is 1. The first-order valence-corrected chi connectivity index (χ1v) is 5.77. The number of benzene rings is 1. The van der Waals surface area contributed by atoms with Crippen molar-refractivity contribution in [3.8, 4) is 5.75 Å². The Morgan fingerprint density at radius 2 is 1.95 bits per heavy atom. The smallest absolute Gasteiger partial charge is 0.162 e. The fourth-order valence-electron chi connectivity index (χ4n) is 1.66. The Labute approximate surface area is 110 Å². The van der Waals surface area contributed by atoms with Crippen molar-refractivity contribution in [3.05, 3.63) is 52.9 Å². The molecule has 0 atom stereocenters. The zero-order valence-corrected chi connectivity index (χ0v) is 10.7. The van der Waals surface area contributed by atoms with Crippen LogP contribution in [0.2, 0.25) is 0 Å². The standard InChI is InChI=1S/C14H14F2N2O/c1-8-6-18-13(9(2)14(8)17)7-19-10-3-4-11(15)12(16)5-10/h3-6H,7H2,1-2H3,(H2,17,18). The summed E-state index contributed by atoms with van der Waals surface area (Å²) in [6, 6.07) is 3.39. The van der Waals surface area contributed by atoms with Crippen molar-refractivity contribution in [2.75, 3.05) is 5.73 Å². The number of nitrogens with two attached hydrogens (primary N) is 1. The van der Waals surface area contributed by atoms with Crippen molar-refractivity contribution in [1.29, 1.82) is 0 Å². The molecule has 0 saturated heterocycles. The maximum atomic E-state index is 13.0. The molecule has 1 aromatic carbocycles. The third-order valence-electron chi connectivity index (χ3n) is 2.94. The third-order valence-corrected chi connectivity index (χ3v) is 2.94. The zero-order valence-electron chi connectivity index (χ0n) is 10.7. The average Bonchev–Trinajstić information content (AvgIpc) is 2.39. The molecule has 5 heteroatoms. The van der Waals surface area contributed by atoms with Gasteiger partial charge in [-0.15, -0.1) is 0 Å². The Bertz CT molecular complexity index is 615. The molecule has 100 valence electrons. The number of hydrogen-bond acceptors (Lipinski definition) is 3. The molecular weight excluding hydrogens is 250 g/mol. The van der Waals surface area contributed by atoms with Crippen molar-refractivity contribution in [1.82, 2.24) is 4.98 Å². The van der Waals surface area contributed by atoms with E-state index in [1.807, 2.05) is 13.8 Å². The second-order valence-electron chi connectivity index (χ2n) is 4.29. The molecule has 1 aromatic heterocycles. The SMILES string of the molecule is Cc1cnc(COc2ccc(F)c(F)c2)c(C)c1N. The van der Waals surface area contributed by atoms with Gasteiger partial charge in [0.25, 0.3) is 0 Å². The minimum absolute atomic E-state index is 0.154. The summed E-state index contributed by atoms with van der Waals surface area (Å²) < 4.78 is 31.2. The van der Waals surface area contributed by atoms with Crippen LogP contribution in [0.1, 0.15) is 16.8 Å². The van der Waals surface area contributed by atoms with Crippen LogP contribution >= 0.6 is 0 Å². The Balaban J connectivity index is 2.14. The van der Waals surface area contributed by atoms with Gasteiger partial charge in [-0.1, -0.05) is 0 Å². The highest BCUT2D eigenvalue weighted by molar-refractivity contribution is 5.53. The van der Waals surface area contributed by atoms with E-state index in [1.165, 1.54) is 6.07 Å². The van der Waals surface area contributed by atoms with Gasteiger partial charge in [-0.2, -0.15) is 0 Å². The van der Waals surface area contributed by atoms with E-state index in [2.05, 4.69) is 4.98 Å². The molecule has 2 aromatic rings. The Hall–Kier alpha value is -2.17. The molecule has 0 radical (unpaired) electrons. The number of halogens is 2. The summed E-state index contributed by atoms with van der Waals surface area (Å²) in [5, 5.41) is 0. The van der Waals surface area contributed by atoms with Gasteiger partial charge in [-0.3, -0.25) is 4.98 Å². The molecule has 2 N–H and O–H groups in total. The van der Waals surface area contributed by atoms with Gasteiger partial charge in [0, 0.05) is 18.0 Å². The van der Waals surface area contributed by atoms with Gasteiger partial charge < -0.3 is 10.5 Å². The van der Waals surface area contributed by atoms with Gasteiger partial charge in [0.1, 0.15) is 12.4 Å². The number of anilines is 1. The molecule has 0 aliphatic heterocycles. The highest BCUT2D eigenvalue weighted by Gasteiger charge is 2.08. The average molecular weight is 264 g/mol. The van der Waals surface area contributed by atoms with Crippen molar-refractivity contribution >= 4 is 5.69 Å². The van der Waals surface area contributed by atoms with Crippen LogP contribution in [-0.2, 0) is 6.61 Å². The molecule has 0 fully saturated rings. The molecule has 0 aliphatic rings. The maximum Gasteiger partial charge on any atom is 0.162 e. The van der Waals surface area contributed by atoms with Crippen LogP contribution in [0.3, 0.4) is 0 Å². The monoisotopic (exact) mass is 264 g/mol. The van der Waals surface area contributed by atoms with Crippen LogP contribution in [0.5, 0.6) is 5.75 Å². The summed E-state index contributed by atoms with van der Waals surface area (Å²) in [7, 11) is 0. The molecular formula is C14H14F2N2O. The predicted molar refractivity (Wildman–Crippen MR) is 68.8 cm³/mol. The van der Waals surface area contributed by atoms with Crippen molar-refractivity contribution in [2.45, 2.75) is 20.5 Å². The van der Waals surface area contributed by atoms with Gasteiger partial charge in [-0.05, 0) is 37.1 Å². The number of nitrogens with zero attached hydrogens (tertiary/aromatic N) is 1. The molecule has 2 rings (SSSR count). The molecule has 0 bridgehead atoms. The van der Waals surface area contributed by atoms with Gasteiger partial charge in [0.05, 0.1) is 5.69 Å². The lowest BCUT2D eigenvalue weighted by molar-refractivity contribution is 0.297. The van der Waals surface area contributed by atoms with Crippen molar-refractivity contribution < 1.29 is 13.5 Å². The van der Waals surface area contributed by atoms with Crippen LogP contribution in [-0.4, -0.2) is 4.98 Å². The lowest BCUT2D eigenvalue weighted by atomic mass is 10.1. The molecule has 0 aliphatic carbocycles. The fourth-order valence-corrected chi connectivity index (χ4v) is 1.66. The molecule has 0 saturated carbocycles. The number of nitrogen functional groups attached to an aromatic ring is 1. The summed E-state index contributed by atoms with van der Waals surface area (Å²) in [4.78, 5) is 4.22. The van der Waals surface area contributed by atoms with Gasteiger partial charge in [0.2, 0.25) is 0 Å². The van der Waals surface area contributed by atoms with Gasteiger partial charge in [-0.25, -0.2) is 8.78 Å². The maximum absolute atomic E-state index is 13.0. The molecule has 0 amide bonds. The van der Waals surface area contributed by atoms with Crippen LogP contribution in [0, 0.1) is 25.5 Å².